The highest BCUT2D eigenvalue weighted by atomic mass is 16.3. The summed E-state index contributed by atoms with van der Waals surface area (Å²) in [5, 5.41) is 9.89. The standard InChI is InChI=1S/C14H28N2O/c1-14(2,17)12-15-8-5-6-13(7-11-15)16-9-3-4-10-16/h13,17H,3-12H2,1-2H3. The van der Waals surface area contributed by atoms with Crippen molar-refractivity contribution in [1.82, 2.24) is 9.80 Å². The van der Waals surface area contributed by atoms with Crippen molar-refractivity contribution in [3.05, 3.63) is 0 Å². The molecule has 0 aromatic carbocycles. The highest BCUT2D eigenvalue weighted by Crippen LogP contribution is 2.21. The Morgan fingerprint density at radius 2 is 1.71 bits per heavy atom. The Hall–Kier alpha value is -0.120. The fourth-order valence-electron chi connectivity index (χ4n) is 3.32. The van der Waals surface area contributed by atoms with Crippen LogP contribution >= 0.6 is 0 Å². The summed E-state index contributed by atoms with van der Waals surface area (Å²) in [6.45, 7) is 9.59. The molecule has 0 aromatic rings. The van der Waals surface area contributed by atoms with Gasteiger partial charge in [-0.05, 0) is 72.1 Å². The van der Waals surface area contributed by atoms with Crippen LogP contribution in [0.5, 0.6) is 0 Å². The molecule has 0 amide bonds. The Morgan fingerprint density at radius 3 is 2.35 bits per heavy atom. The topological polar surface area (TPSA) is 26.7 Å². The van der Waals surface area contributed by atoms with Crippen molar-refractivity contribution < 1.29 is 5.11 Å². The predicted molar refractivity (Wildman–Crippen MR) is 71.2 cm³/mol. The third kappa shape index (κ3) is 4.23. The zero-order valence-corrected chi connectivity index (χ0v) is 11.5. The lowest BCUT2D eigenvalue weighted by Gasteiger charge is -2.29. The molecule has 100 valence electrons. The van der Waals surface area contributed by atoms with Crippen molar-refractivity contribution >= 4 is 0 Å². The summed E-state index contributed by atoms with van der Waals surface area (Å²) >= 11 is 0. The van der Waals surface area contributed by atoms with E-state index in [1.807, 2.05) is 13.8 Å². The smallest absolute Gasteiger partial charge is 0.0718 e. The Kier molecular flexibility index (Phi) is 4.45. The minimum Gasteiger partial charge on any atom is -0.389 e. The SMILES string of the molecule is CC(C)(O)CN1CCCC(N2CCCC2)CC1. The third-order valence-corrected chi connectivity index (χ3v) is 4.06. The normalized spacial score (nSPS) is 29.5. The summed E-state index contributed by atoms with van der Waals surface area (Å²) < 4.78 is 0. The van der Waals surface area contributed by atoms with Crippen molar-refractivity contribution in [1.29, 1.82) is 0 Å². The summed E-state index contributed by atoms with van der Waals surface area (Å²) in [6.07, 6.45) is 6.71. The average molecular weight is 240 g/mol. The second kappa shape index (κ2) is 5.68. The molecule has 1 unspecified atom stereocenters. The maximum absolute atomic E-state index is 9.89. The molecule has 1 atom stereocenters. The van der Waals surface area contributed by atoms with Gasteiger partial charge in [0.1, 0.15) is 0 Å². The zero-order chi connectivity index (χ0) is 12.3. The van der Waals surface area contributed by atoms with Crippen LogP contribution in [0.2, 0.25) is 0 Å². The van der Waals surface area contributed by atoms with Gasteiger partial charge in [-0.1, -0.05) is 0 Å². The first-order valence-electron chi connectivity index (χ1n) is 7.23. The lowest BCUT2D eigenvalue weighted by Crippen LogP contribution is -2.40. The lowest BCUT2D eigenvalue weighted by atomic mass is 10.1. The van der Waals surface area contributed by atoms with Crippen LogP contribution in [0.1, 0.15) is 46.0 Å². The van der Waals surface area contributed by atoms with E-state index >= 15 is 0 Å². The van der Waals surface area contributed by atoms with Gasteiger partial charge >= 0.3 is 0 Å². The van der Waals surface area contributed by atoms with Gasteiger partial charge in [0.05, 0.1) is 5.60 Å². The lowest BCUT2D eigenvalue weighted by molar-refractivity contribution is 0.0367. The first-order valence-corrected chi connectivity index (χ1v) is 7.23. The van der Waals surface area contributed by atoms with E-state index in [-0.39, 0.29) is 0 Å². The fraction of sp³-hybridized carbons (Fsp3) is 1.00. The quantitative estimate of drug-likeness (QED) is 0.813. The van der Waals surface area contributed by atoms with Crippen LogP contribution < -0.4 is 0 Å². The average Bonchev–Trinajstić information content (AvgIpc) is 2.65. The molecule has 0 saturated carbocycles. The molecule has 0 radical (unpaired) electrons. The number of likely N-dealkylation sites (tertiary alicyclic amines) is 2. The van der Waals surface area contributed by atoms with Gasteiger partial charge in [-0.2, -0.15) is 0 Å². The van der Waals surface area contributed by atoms with Crippen LogP contribution in [0.4, 0.5) is 0 Å². The van der Waals surface area contributed by atoms with Crippen molar-refractivity contribution in [2.45, 2.75) is 57.6 Å². The van der Waals surface area contributed by atoms with Crippen LogP contribution in [0.15, 0.2) is 0 Å². The molecule has 2 saturated heterocycles. The molecule has 0 bridgehead atoms. The van der Waals surface area contributed by atoms with Crippen molar-refractivity contribution in [2.24, 2.45) is 0 Å². The molecule has 2 rings (SSSR count). The van der Waals surface area contributed by atoms with Crippen LogP contribution in [0, 0.1) is 0 Å². The van der Waals surface area contributed by atoms with E-state index in [9.17, 15) is 5.11 Å². The molecule has 2 heterocycles. The maximum atomic E-state index is 9.89. The fourth-order valence-corrected chi connectivity index (χ4v) is 3.32. The molecule has 2 aliphatic heterocycles. The summed E-state index contributed by atoms with van der Waals surface area (Å²) in [7, 11) is 0. The third-order valence-electron chi connectivity index (χ3n) is 4.06. The Balaban J connectivity index is 1.80. The van der Waals surface area contributed by atoms with Crippen molar-refractivity contribution in [2.75, 3.05) is 32.7 Å². The molecule has 2 fully saturated rings. The largest absolute Gasteiger partial charge is 0.389 e. The van der Waals surface area contributed by atoms with Crippen molar-refractivity contribution in [3.8, 4) is 0 Å². The van der Waals surface area contributed by atoms with E-state index in [4.69, 9.17) is 0 Å². The molecule has 0 aliphatic carbocycles. The second-order valence-corrected chi connectivity index (χ2v) is 6.42. The molecule has 0 aromatic heterocycles. The van der Waals surface area contributed by atoms with Gasteiger partial charge in [-0.25, -0.2) is 0 Å². The van der Waals surface area contributed by atoms with Gasteiger partial charge in [-0.15, -0.1) is 0 Å². The monoisotopic (exact) mass is 240 g/mol. The molecule has 0 spiro atoms. The van der Waals surface area contributed by atoms with Crippen LogP contribution in [-0.2, 0) is 0 Å². The maximum Gasteiger partial charge on any atom is 0.0718 e. The molecule has 3 heteroatoms. The number of nitrogens with zero attached hydrogens (tertiary/aromatic N) is 2. The summed E-state index contributed by atoms with van der Waals surface area (Å²) in [5.74, 6) is 0. The number of β-amino-alcohol motifs (C(OH)–C–C–N with tert-alkyl or cyclic N) is 1. The number of hydrogen-bond acceptors (Lipinski definition) is 3. The second-order valence-electron chi connectivity index (χ2n) is 6.42. The van der Waals surface area contributed by atoms with Crippen LogP contribution in [0.25, 0.3) is 0 Å². The Morgan fingerprint density at radius 1 is 1.00 bits per heavy atom. The molecule has 3 nitrogen and oxygen atoms in total. The predicted octanol–water partition coefficient (Wildman–Crippen LogP) is 1.71. The first kappa shape index (κ1) is 13.3. The minimum absolute atomic E-state index is 0.548. The summed E-state index contributed by atoms with van der Waals surface area (Å²) in [5.41, 5.74) is -0.548. The minimum atomic E-state index is -0.548. The van der Waals surface area contributed by atoms with E-state index < -0.39 is 5.60 Å². The highest BCUT2D eigenvalue weighted by molar-refractivity contribution is 4.82. The van der Waals surface area contributed by atoms with Gasteiger partial charge in [0, 0.05) is 12.6 Å². The molecular formula is C14H28N2O. The number of aliphatic hydroxyl groups is 1. The van der Waals surface area contributed by atoms with E-state index in [0.717, 1.165) is 25.7 Å². The van der Waals surface area contributed by atoms with Gasteiger partial charge < -0.3 is 14.9 Å². The zero-order valence-electron chi connectivity index (χ0n) is 11.5. The van der Waals surface area contributed by atoms with Crippen molar-refractivity contribution in [3.63, 3.8) is 0 Å². The van der Waals surface area contributed by atoms with E-state index in [1.54, 1.807) is 0 Å². The van der Waals surface area contributed by atoms with Gasteiger partial charge in [0.2, 0.25) is 0 Å². The number of rotatable bonds is 3. The summed E-state index contributed by atoms with van der Waals surface area (Å²) in [4.78, 5) is 5.13. The van der Waals surface area contributed by atoms with Gasteiger partial charge in [-0.3, -0.25) is 0 Å². The van der Waals surface area contributed by atoms with Gasteiger partial charge in [0.15, 0.2) is 0 Å². The highest BCUT2D eigenvalue weighted by Gasteiger charge is 2.26. The van der Waals surface area contributed by atoms with E-state index in [2.05, 4.69) is 9.80 Å². The Labute approximate surface area is 106 Å². The van der Waals surface area contributed by atoms with Crippen LogP contribution in [0.3, 0.4) is 0 Å². The number of hydrogen-bond donors (Lipinski definition) is 1. The summed E-state index contributed by atoms with van der Waals surface area (Å²) in [6, 6.07) is 0.810. The van der Waals surface area contributed by atoms with E-state index in [0.29, 0.717) is 0 Å². The molecular weight excluding hydrogens is 212 g/mol. The molecule has 17 heavy (non-hydrogen) atoms. The molecule has 1 N–H and O–H groups in total. The Bertz CT molecular complexity index is 231. The van der Waals surface area contributed by atoms with Crippen LogP contribution in [-0.4, -0.2) is 59.3 Å². The van der Waals surface area contributed by atoms with Gasteiger partial charge in [0.25, 0.3) is 0 Å². The van der Waals surface area contributed by atoms with E-state index in [1.165, 1.54) is 45.2 Å². The molecule has 2 aliphatic rings. The first-order chi connectivity index (χ1) is 8.04.